The number of nitrogens with two attached hydrogens (primary N) is 1. The van der Waals surface area contributed by atoms with Gasteiger partial charge >= 0.3 is 6.09 Å². The highest BCUT2D eigenvalue weighted by molar-refractivity contribution is 6.35. The molecule has 23 heavy (non-hydrogen) atoms. The molecule has 1 aromatic carbocycles. The number of benzene rings is 1. The van der Waals surface area contributed by atoms with E-state index in [0.717, 1.165) is 0 Å². The average Bonchev–Trinajstić information content (AvgIpc) is 2.51. The summed E-state index contributed by atoms with van der Waals surface area (Å²) in [4.78, 5) is 14.3. The molecule has 2 rings (SSSR count). The molecule has 8 heteroatoms. The molecule has 0 aromatic heterocycles. The number of carbonyl (C=O) groups is 1. The van der Waals surface area contributed by atoms with Crippen LogP contribution < -0.4 is 10.6 Å². The Morgan fingerprint density at radius 2 is 2.30 bits per heavy atom. The summed E-state index contributed by atoms with van der Waals surface area (Å²) in [5.74, 6) is 0. The van der Waals surface area contributed by atoms with E-state index in [-0.39, 0.29) is 6.54 Å². The van der Waals surface area contributed by atoms with Gasteiger partial charge in [0.25, 0.3) is 0 Å². The van der Waals surface area contributed by atoms with Crippen LogP contribution in [0.5, 0.6) is 0 Å². The number of nitriles is 1. The lowest BCUT2D eigenvalue weighted by molar-refractivity contribution is 0.0404. The Labute approximate surface area is 139 Å². The summed E-state index contributed by atoms with van der Waals surface area (Å²) in [6, 6.07) is 4.69. The molecule has 7 nitrogen and oxygen atoms in total. The lowest BCUT2D eigenvalue weighted by atomic mass is 9.99. The second-order valence-corrected chi connectivity index (χ2v) is 5.83. The third-order valence-electron chi connectivity index (χ3n) is 4.08. The van der Waals surface area contributed by atoms with E-state index < -0.39 is 18.2 Å². The summed E-state index contributed by atoms with van der Waals surface area (Å²) in [5, 5.41) is 28.9. The molecule has 0 aliphatic carbocycles. The second kappa shape index (κ2) is 6.94. The van der Waals surface area contributed by atoms with E-state index in [9.17, 15) is 15.0 Å². The van der Waals surface area contributed by atoms with Crippen molar-refractivity contribution in [2.45, 2.75) is 25.5 Å². The fourth-order valence-corrected chi connectivity index (χ4v) is 3.17. The Morgan fingerprint density at radius 3 is 2.83 bits per heavy atom. The molecule has 1 fully saturated rings. The lowest BCUT2D eigenvalue weighted by Crippen LogP contribution is -2.55. The zero-order chi connectivity index (χ0) is 17.1. The molecule has 124 valence electrons. The first-order chi connectivity index (χ1) is 10.9. The van der Waals surface area contributed by atoms with Crippen LogP contribution in [-0.4, -0.2) is 53.0 Å². The Balaban J connectivity index is 2.22. The molecule has 1 aliphatic rings. The normalized spacial score (nSPS) is 20.9. The van der Waals surface area contributed by atoms with Gasteiger partial charge in [0, 0.05) is 19.6 Å². The summed E-state index contributed by atoms with van der Waals surface area (Å²) >= 11 is 6.22. The number of carboxylic acid groups (broad SMARTS) is 1. The molecule has 0 spiro atoms. The van der Waals surface area contributed by atoms with Crippen molar-refractivity contribution in [2.75, 3.05) is 30.3 Å². The van der Waals surface area contributed by atoms with Gasteiger partial charge in [-0.25, -0.2) is 4.79 Å². The molecule has 1 heterocycles. The maximum Gasteiger partial charge on any atom is 0.407 e. The van der Waals surface area contributed by atoms with Gasteiger partial charge in [-0.1, -0.05) is 11.6 Å². The maximum absolute atomic E-state index is 11.2. The molecule has 1 aliphatic heterocycles. The van der Waals surface area contributed by atoms with Crippen molar-refractivity contribution in [2.24, 2.45) is 0 Å². The van der Waals surface area contributed by atoms with Crippen LogP contribution in [0.25, 0.3) is 0 Å². The monoisotopic (exact) mass is 338 g/mol. The van der Waals surface area contributed by atoms with Crippen molar-refractivity contribution in [3.05, 3.63) is 22.7 Å². The third kappa shape index (κ3) is 3.44. The van der Waals surface area contributed by atoms with Crippen molar-refractivity contribution < 1.29 is 15.0 Å². The van der Waals surface area contributed by atoms with E-state index in [0.29, 0.717) is 41.5 Å². The number of halogens is 1. The van der Waals surface area contributed by atoms with Gasteiger partial charge in [0.2, 0.25) is 0 Å². The van der Waals surface area contributed by atoms with Crippen LogP contribution in [-0.2, 0) is 0 Å². The van der Waals surface area contributed by atoms with Crippen molar-refractivity contribution in [3.8, 4) is 6.07 Å². The fraction of sp³-hybridized carbons (Fsp3) is 0.467. The third-order valence-corrected chi connectivity index (χ3v) is 4.50. The smallest absolute Gasteiger partial charge is 0.407 e. The number of piperidine rings is 1. The SMILES string of the molecule is CCN(C(=O)O)[C@@H]1CCN(c2cc(C#N)cc(N)c2Cl)C[C@@H]1O. The minimum atomic E-state index is -1.04. The van der Waals surface area contributed by atoms with E-state index in [1.54, 1.807) is 13.0 Å². The van der Waals surface area contributed by atoms with Crippen molar-refractivity contribution in [1.29, 1.82) is 5.26 Å². The summed E-state index contributed by atoms with van der Waals surface area (Å²) in [5.41, 5.74) is 7.09. The van der Waals surface area contributed by atoms with Crippen LogP contribution >= 0.6 is 11.6 Å². The highest BCUT2D eigenvalue weighted by Gasteiger charge is 2.34. The van der Waals surface area contributed by atoms with Crippen LogP contribution in [0, 0.1) is 11.3 Å². The van der Waals surface area contributed by atoms with Gasteiger partial charge < -0.3 is 25.7 Å². The number of nitrogens with zero attached hydrogens (tertiary/aromatic N) is 3. The average molecular weight is 339 g/mol. The number of rotatable bonds is 3. The fourth-order valence-electron chi connectivity index (χ4n) is 2.94. The molecule has 1 amide bonds. The van der Waals surface area contributed by atoms with Gasteiger partial charge in [-0.05, 0) is 25.5 Å². The molecule has 4 N–H and O–H groups in total. The van der Waals surface area contributed by atoms with Crippen LogP contribution in [0.3, 0.4) is 0 Å². The topological polar surface area (TPSA) is 114 Å². The van der Waals surface area contributed by atoms with E-state index in [2.05, 4.69) is 0 Å². The highest BCUT2D eigenvalue weighted by Crippen LogP contribution is 2.34. The molecule has 2 atom stereocenters. The van der Waals surface area contributed by atoms with Gasteiger partial charge in [-0.3, -0.25) is 0 Å². The Hall–Kier alpha value is -2.17. The first-order valence-corrected chi connectivity index (χ1v) is 7.68. The van der Waals surface area contributed by atoms with E-state index >= 15 is 0 Å². The number of aliphatic hydroxyl groups is 1. The predicted molar refractivity (Wildman–Crippen MR) is 87.6 cm³/mol. The molecule has 1 saturated heterocycles. The van der Waals surface area contributed by atoms with Gasteiger partial charge in [0.15, 0.2) is 0 Å². The first kappa shape index (κ1) is 17.2. The largest absolute Gasteiger partial charge is 0.465 e. The number of nitrogen functional groups attached to an aromatic ring is 1. The number of anilines is 2. The predicted octanol–water partition coefficient (Wildman–Crippen LogP) is 1.73. The van der Waals surface area contributed by atoms with E-state index in [1.165, 1.54) is 11.0 Å². The van der Waals surface area contributed by atoms with Crippen molar-refractivity contribution in [1.82, 2.24) is 4.90 Å². The number of β-amino-alcohol motifs (C(OH)–C–C–N with tert-alkyl or cyclic N) is 1. The molecular formula is C15H19ClN4O3. The number of amides is 1. The highest BCUT2D eigenvalue weighted by atomic mass is 35.5. The van der Waals surface area contributed by atoms with Gasteiger partial charge in [-0.2, -0.15) is 5.26 Å². The number of hydrogen-bond donors (Lipinski definition) is 3. The number of aliphatic hydroxyl groups excluding tert-OH is 1. The van der Waals surface area contributed by atoms with E-state index in [4.69, 9.17) is 22.6 Å². The molecular weight excluding hydrogens is 320 g/mol. The quantitative estimate of drug-likeness (QED) is 0.723. The maximum atomic E-state index is 11.2. The zero-order valence-corrected chi connectivity index (χ0v) is 13.5. The first-order valence-electron chi connectivity index (χ1n) is 7.30. The number of likely N-dealkylation sites (N-methyl/N-ethyl adjacent to an activating group) is 1. The van der Waals surface area contributed by atoms with Gasteiger partial charge in [0.05, 0.1) is 40.2 Å². The number of hydrogen-bond acceptors (Lipinski definition) is 5. The Kier molecular flexibility index (Phi) is 5.19. The minimum absolute atomic E-state index is 0.225. The standard InChI is InChI=1S/C15H19ClN4O3/c1-2-20(15(22)23)11-3-4-19(8-13(11)21)12-6-9(7-17)5-10(18)14(12)16/h5-6,11,13,21H,2-4,8,18H2,1H3,(H,22,23)/t11-,13+/m1/s1. The Morgan fingerprint density at radius 1 is 1.61 bits per heavy atom. The molecule has 0 unspecified atom stereocenters. The molecule has 1 aromatic rings. The van der Waals surface area contributed by atoms with Crippen molar-refractivity contribution >= 4 is 29.1 Å². The molecule has 0 saturated carbocycles. The van der Waals surface area contributed by atoms with Crippen LogP contribution in [0.15, 0.2) is 12.1 Å². The summed E-state index contributed by atoms with van der Waals surface area (Å²) in [6.45, 7) is 2.79. The minimum Gasteiger partial charge on any atom is -0.465 e. The van der Waals surface area contributed by atoms with Crippen molar-refractivity contribution in [3.63, 3.8) is 0 Å². The molecule has 0 bridgehead atoms. The van der Waals surface area contributed by atoms with Crippen LogP contribution in [0.4, 0.5) is 16.2 Å². The Bertz CT molecular complexity index is 646. The van der Waals surface area contributed by atoms with Gasteiger partial charge in [-0.15, -0.1) is 0 Å². The van der Waals surface area contributed by atoms with Crippen LogP contribution in [0.2, 0.25) is 5.02 Å². The summed E-state index contributed by atoms with van der Waals surface area (Å²) < 4.78 is 0. The zero-order valence-electron chi connectivity index (χ0n) is 12.7. The summed E-state index contributed by atoms with van der Waals surface area (Å²) in [6.07, 6.45) is -1.42. The molecule has 0 radical (unpaired) electrons. The van der Waals surface area contributed by atoms with E-state index in [1.807, 2.05) is 11.0 Å². The lowest BCUT2D eigenvalue weighted by Gasteiger charge is -2.41. The second-order valence-electron chi connectivity index (χ2n) is 5.45. The summed E-state index contributed by atoms with van der Waals surface area (Å²) in [7, 11) is 0. The van der Waals surface area contributed by atoms with Gasteiger partial charge in [0.1, 0.15) is 0 Å². The van der Waals surface area contributed by atoms with Crippen LogP contribution in [0.1, 0.15) is 18.9 Å².